The molecule has 0 aliphatic rings. The van der Waals surface area contributed by atoms with Gasteiger partial charge in [-0.2, -0.15) is 13.2 Å². The smallest absolute Gasteiger partial charge is 0.348 e. The molecule has 0 aliphatic heterocycles. The Hall–Kier alpha value is -3.33. The molecule has 1 amide bonds. The van der Waals surface area contributed by atoms with E-state index in [1.807, 2.05) is 0 Å². The van der Waals surface area contributed by atoms with Gasteiger partial charge in [0.1, 0.15) is 0 Å². The standard InChI is InChI=1S/C22H19F3N2O3S/c1-27(19-5-3-2-4-6-19)31(29,30)20-13-9-17(10-14-20)21(28)26-15-16-7-11-18(12-8-16)22(23,24)25/h2-14H,15H2,1H3,(H,26,28). The molecule has 9 heteroatoms. The van der Waals surface area contributed by atoms with Crippen molar-refractivity contribution in [1.82, 2.24) is 5.32 Å². The number of benzene rings is 3. The number of sulfonamides is 1. The Labute approximate surface area is 178 Å². The fourth-order valence-corrected chi connectivity index (χ4v) is 4.00. The summed E-state index contributed by atoms with van der Waals surface area (Å²) in [6.07, 6.45) is -4.42. The quantitative estimate of drug-likeness (QED) is 0.606. The van der Waals surface area contributed by atoms with Crippen molar-refractivity contribution in [3.05, 3.63) is 95.6 Å². The van der Waals surface area contributed by atoms with Gasteiger partial charge in [0, 0.05) is 19.2 Å². The first kappa shape index (κ1) is 22.4. The Bertz CT molecular complexity index is 1150. The van der Waals surface area contributed by atoms with Gasteiger partial charge in [-0.3, -0.25) is 9.10 Å². The molecule has 31 heavy (non-hydrogen) atoms. The molecule has 0 aromatic heterocycles. The maximum absolute atomic E-state index is 12.8. The van der Waals surface area contributed by atoms with E-state index in [4.69, 9.17) is 0 Å². The minimum absolute atomic E-state index is 0.0261. The van der Waals surface area contributed by atoms with Crippen LogP contribution in [0, 0.1) is 0 Å². The summed E-state index contributed by atoms with van der Waals surface area (Å²) in [7, 11) is -2.36. The summed E-state index contributed by atoms with van der Waals surface area (Å²) in [6.45, 7) is 0.0355. The topological polar surface area (TPSA) is 66.5 Å². The predicted molar refractivity (Wildman–Crippen MR) is 111 cm³/mol. The highest BCUT2D eigenvalue weighted by Gasteiger charge is 2.29. The maximum Gasteiger partial charge on any atom is 0.416 e. The Kier molecular flexibility index (Phi) is 6.35. The van der Waals surface area contributed by atoms with Crippen LogP contribution in [0.4, 0.5) is 18.9 Å². The first-order valence-corrected chi connectivity index (χ1v) is 10.6. The second-order valence-electron chi connectivity index (χ2n) is 6.71. The van der Waals surface area contributed by atoms with Gasteiger partial charge in [-0.1, -0.05) is 30.3 Å². The highest BCUT2D eigenvalue weighted by Crippen LogP contribution is 2.29. The minimum Gasteiger partial charge on any atom is -0.348 e. The highest BCUT2D eigenvalue weighted by molar-refractivity contribution is 7.92. The molecule has 0 atom stereocenters. The number of anilines is 1. The van der Waals surface area contributed by atoms with Gasteiger partial charge >= 0.3 is 6.18 Å². The van der Waals surface area contributed by atoms with E-state index in [0.717, 1.165) is 16.4 Å². The molecule has 0 aliphatic carbocycles. The molecule has 0 saturated heterocycles. The van der Waals surface area contributed by atoms with Crippen molar-refractivity contribution in [1.29, 1.82) is 0 Å². The van der Waals surface area contributed by atoms with Crippen LogP contribution in [0.1, 0.15) is 21.5 Å². The van der Waals surface area contributed by atoms with Crippen LogP contribution in [0.5, 0.6) is 0 Å². The second kappa shape index (κ2) is 8.81. The van der Waals surface area contributed by atoms with Gasteiger partial charge in [0.2, 0.25) is 0 Å². The maximum atomic E-state index is 12.8. The van der Waals surface area contributed by atoms with Gasteiger partial charge in [0.15, 0.2) is 0 Å². The largest absolute Gasteiger partial charge is 0.416 e. The van der Waals surface area contributed by atoms with Crippen LogP contribution in [-0.2, 0) is 22.7 Å². The number of hydrogen-bond donors (Lipinski definition) is 1. The number of alkyl halides is 3. The predicted octanol–water partition coefficient (Wildman–Crippen LogP) is 4.46. The van der Waals surface area contributed by atoms with E-state index in [1.165, 1.54) is 43.4 Å². The monoisotopic (exact) mass is 448 g/mol. The molecule has 3 aromatic carbocycles. The van der Waals surface area contributed by atoms with Crippen LogP contribution < -0.4 is 9.62 Å². The highest BCUT2D eigenvalue weighted by atomic mass is 32.2. The summed E-state index contributed by atoms with van der Waals surface area (Å²) in [5.74, 6) is -0.472. The summed E-state index contributed by atoms with van der Waals surface area (Å²) < 4.78 is 64.5. The van der Waals surface area contributed by atoms with Gasteiger partial charge < -0.3 is 5.32 Å². The van der Waals surface area contributed by atoms with E-state index in [-0.39, 0.29) is 17.0 Å². The van der Waals surface area contributed by atoms with Gasteiger partial charge in [-0.15, -0.1) is 0 Å². The number of rotatable bonds is 6. The van der Waals surface area contributed by atoms with Crippen LogP contribution in [0.25, 0.3) is 0 Å². The number of para-hydroxylation sites is 1. The number of halogens is 3. The molecule has 3 aromatic rings. The van der Waals surface area contributed by atoms with Crippen molar-refractivity contribution >= 4 is 21.6 Å². The van der Waals surface area contributed by atoms with E-state index in [0.29, 0.717) is 11.3 Å². The van der Waals surface area contributed by atoms with E-state index in [1.54, 1.807) is 30.3 Å². The molecule has 0 bridgehead atoms. The molecule has 0 fully saturated rings. The lowest BCUT2D eigenvalue weighted by atomic mass is 10.1. The Morgan fingerprint density at radius 3 is 2.03 bits per heavy atom. The first-order valence-electron chi connectivity index (χ1n) is 9.17. The van der Waals surface area contributed by atoms with Crippen LogP contribution in [-0.4, -0.2) is 21.4 Å². The van der Waals surface area contributed by atoms with E-state index >= 15 is 0 Å². The number of nitrogens with one attached hydrogen (secondary N) is 1. The molecular weight excluding hydrogens is 429 g/mol. The number of amides is 1. The third kappa shape index (κ3) is 5.24. The Balaban J connectivity index is 1.66. The van der Waals surface area contributed by atoms with Gasteiger partial charge in [0.25, 0.3) is 15.9 Å². The van der Waals surface area contributed by atoms with Crippen molar-refractivity contribution in [3.63, 3.8) is 0 Å². The molecule has 0 spiro atoms. The number of carbonyl (C=O) groups excluding carboxylic acids is 1. The zero-order chi connectivity index (χ0) is 22.6. The number of carbonyl (C=O) groups is 1. The van der Waals surface area contributed by atoms with Crippen LogP contribution in [0.3, 0.4) is 0 Å². The molecule has 5 nitrogen and oxygen atoms in total. The SMILES string of the molecule is CN(c1ccccc1)S(=O)(=O)c1ccc(C(=O)NCc2ccc(C(F)(F)F)cc2)cc1. The van der Waals surface area contributed by atoms with Gasteiger partial charge in [-0.25, -0.2) is 8.42 Å². The molecule has 1 N–H and O–H groups in total. The summed E-state index contributed by atoms with van der Waals surface area (Å²) >= 11 is 0. The average molecular weight is 448 g/mol. The molecular formula is C22H19F3N2O3S. The van der Waals surface area contributed by atoms with Crippen molar-refractivity contribution in [3.8, 4) is 0 Å². The third-order valence-electron chi connectivity index (χ3n) is 4.63. The van der Waals surface area contributed by atoms with E-state index in [2.05, 4.69) is 5.32 Å². The molecule has 3 rings (SSSR count). The van der Waals surface area contributed by atoms with Crippen LogP contribution in [0.15, 0.2) is 83.8 Å². The molecule has 0 saturated carbocycles. The molecule has 0 radical (unpaired) electrons. The lowest BCUT2D eigenvalue weighted by molar-refractivity contribution is -0.137. The molecule has 162 valence electrons. The van der Waals surface area contributed by atoms with Crippen molar-refractivity contribution in [2.24, 2.45) is 0 Å². The van der Waals surface area contributed by atoms with Crippen molar-refractivity contribution < 1.29 is 26.4 Å². The van der Waals surface area contributed by atoms with Gasteiger partial charge in [0.05, 0.1) is 16.1 Å². The fraction of sp³-hybridized carbons (Fsp3) is 0.136. The lowest BCUT2D eigenvalue weighted by Crippen LogP contribution is -2.27. The van der Waals surface area contributed by atoms with Crippen molar-refractivity contribution in [2.75, 3.05) is 11.4 Å². The second-order valence-corrected chi connectivity index (χ2v) is 8.68. The first-order chi connectivity index (χ1) is 14.6. The third-order valence-corrected chi connectivity index (χ3v) is 6.43. The average Bonchev–Trinajstić information content (AvgIpc) is 2.77. The van der Waals surface area contributed by atoms with Gasteiger partial charge in [-0.05, 0) is 54.1 Å². The van der Waals surface area contributed by atoms with Crippen LogP contribution in [0.2, 0.25) is 0 Å². The zero-order valence-electron chi connectivity index (χ0n) is 16.4. The fourth-order valence-electron chi connectivity index (χ4n) is 2.81. The van der Waals surface area contributed by atoms with Crippen LogP contribution >= 0.6 is 0 Å². The van der Waals surface area contributed by atoms with E-state index in [9.17, 15) is 26.4 Å². The lowest BCUT2D eigenvalue weighted by Gasteiger charge is -2.19. The molecule has 0 unspecified atom stereocenters. The Morgan fingerprint density at radius 2 is 1.48 bits per heavy atom. The van der Waals surface area contributed by atoms with Crippen molar-refractivity contribution in [2.45, 2.75) is 17.6 Å². The summed E-state index contributed by atoms with van der Waals surface area (Å²) in [4.78, 5) is 12.3. The normalized spacial score (nSPS) is 11.7. The number of nitrogens with zero attached hydrogens (tertiary/aromatic N) is 1. The summed E-state index contributed by atoms with van der Waals surface area (Å²) in [6, 6.07) is 18.5. The minimum atomic E-state index is -4.42. The Morgan fingerprint density at radius 1 is 0.903 bits per heavy atom. The summed E-state index contributed by atoms with van der Waals surface area (Å²) in [5, 5.41) is 2.60. The zero-order valence-corrected chi connectivity index (χ0v) is 17.2. The molecule has 0 heterocycles. The summed E-state index contributed by atoms with van der Waals surface area (Å²) in [5.41, 5.74) is 0.471. The van der Waals surface area contributed by atoms with E-state index < -0.39 is 27.7 Å². The number of hydrogen-bond acceptors (Lipinski definition) is 3.